The maximum atomic E-state index is 13.7. The summed E-state index contributed by atoms with van der Waals surface area (Å²) in [5.41, 5.74) is 1.26. The quantitative estimate of drug-likeness (QED) is 0.422. The number of carbonyl (C=O) groups is 1. The van der Waals surface area contributed by atoms with Crippen molar-refractivity contribution in [2.75, 3.05) is 58.5 Å². The fourth-order valence-electron chi connectivity index (χ4n) is 3.72. The summed E-state index contributed by atoms with van der Waals surface area (Å²) < 4.78 is 23.1. The molecule has 0 bridgehead atoms. The van der Waals surface area contributed by atoms with Crippen molar-refractivity contribution in [3.05, 3.63) is 35.9 Å². The Hall–Kier alpha value is -2.75. The molecule has 1 aliphatic rings. The van der Waals surface area contributed by atoms with Crippen LogP contribution in [0.25, 0.3) is 10.2 Å². The number of ether oxygens (including phenoxy) is 4. The molecule has 0 N–H and O–H groups in total. The fourth-order valence-corrected chi connectivity index (χ4v) is 4.72. The van der Waals surface area contributed by atoms with Crippen LogP contribution < -0.4 is 23.8 Å². The predicted octanol–water partition coefficient (Wildman–Crippen LogP) is 4.50. The van der Waals surface area contributed by atoms with Crippen molar-refractivity contribution >= 4 is 45.0 Å². The lowest BCUT2D eigenvalue weighted by Crippen LogP contribution is -2.38. The molecule has 2 aromatic carbocycles. The maximum Gasteiger partial charge on any atom is 0.260 e. The topological polar surface area (TPSA) is 73.4 Å². The Labute approximate surface area is 209 Å². The van der Waals surface area contributed by atoms with Gasteiger partial charge in [0.25, 0.3) is 5.91 Å². The zero-order valence-corrected chi connectivity index (χ0v) is 21.5. The number of fused-ring (bicyclic) bond motifs is 2. The van der Waals surface area contributed by atoms with Gasteiger partial charge in [0.15, 0.2) is 16.6 Å². The van der Waals surface area contributed by atoms with Crippen molar-refractivity contribution in [3.8, 4) is 23.0 Å². The van der Waals surface area contributed by atoms with Crippen molar-refractivity contribution < 1.29 is 23.7 Å². The third-order valence-electron chi connectivity index (χ3n) is 5.65. The summed E-state index contributed by atoms with van der Waals surface area (Å²) in [5, 5.41) is 0.631. The highest BCUT2D eigenvalue weighted by Crippen LogP contribution is 2.39. The van der Waals surface area contributed by atoms with E-state index in [1.165, 1.54) is 11.3 Å². The molecule has 34 heavy (non-hydrogen) atoms. The Morgan fingerprint density at radius 1 is 0.971 bits per heavy atom. The van der Waals surface area contributed by atoms with Crippen molar-refractivity contribution in [1.29, 1.82) is 0 Å². The van der Waals surface area contributed by atoms with Gasteiger partial charge in [-0.3, -0.25) is 9.69 Å². The molecule has 0 spiro atoms. The zero-order valence-electron chi connectivity index (χ0n) is 19.8. The van der Waals surface area contributed by atoms with E-state index in [0.29, 0.717) is 53.5 Å². The van der Waals surface area contributed by atoms with E-state index in [1.807, 2.05) is 12.1 Å². The zero-order chi connectivity index (χ0) is 23.4. The van der Waals surface area contributed by atoms with E-state index < -0.39 is 0 Å². The molecule has 0 unspecified atom stereocenters. The van der Waals surface area contributed by atoms with E-state index in [4.69, 9.17) is 23.9 Å². The van der Waals surface area contributed by atoms with Gasteiger partial charge in [-0.25, -0.2) is 4.98 Å². The van der Waals surface area contributed by atoms with Gasteiger partial charge in [-0.1, -0.05) is 25.2 Å². The number of benzene rings is 2. The van der Waals surface area contributed by atoms with Crippen LogP contribution in [-0.4, -0.2) is 69.4 Å². The minimum atomic E-state index is -0.157. The van der Waals surface area contributed by atoms with Gasteiger partial charge in [0.2, 0.25) is 0 Å². The van der Waals surface area contributed by atoms with Crippen LogP contribution in [0.5, 0.6) is 23.0 Å². The second-order valence-electron chi connectivity index (χ2n) is 7.55. The van der Waals surface area contributed by atoms with E-state index >= 15 is 0 Å². The van der Waals surface area contributed by atoms with Gasteiger partial charge in [0.1, 0.15) is 24.7 Å². The van der Waals surface area contributed by atoms with E-state index in [1.54, 1.807) is 37.3 Å². The van der Waals surface area contributed by atoms with Crippen LogP contribution in [0.4, 0.5) is 5.13 Å². The summed E-state index contributed by atoms with van der Waals surface area (Å²) in [6, 6.07) is 9.02. The summed E-state index contributed by atoms with van der Waals surface area (Å²) in [5.74, 6) is 2.36. The number of hydrogen-bond donors (Lipinski definition) is 0. The van der Waals surface area contributed by atoms with Gasteiger partial charge in [-0.2, -0.15) is 0 Å². The SMILES string of the molecule is CCN(CC)CCN(C(=O)c1cc(OC)cc(OC)c1)c1nc2cc3c(cc2s1)OCCO3.Cl. The lowest BCUT2D eigenvalue weighted by Gasteiger charge is -2.25. The predicted molar refractivity (Wildman–Crippen MR) is 137 cm³/mol. The summed E-state index contributed by atoms with van der Waals surface area (Å²) in [6.07, 6.45) is 0. The number of carbonyl (C=O) groups excluding carboxylic acids is 1. The van der Waals surface area contributed by atoms with Crippen molar-refractivity contribution in [2.45, 2.75) is 13.8 Å². The molecule has 1 aromatic heterocycles. The van der Waals surface area contributed by atoms with Gasteiger partial charge in [0, 0.05) is 36.9 Å². The normalized spacial score (nSPS) is 12.4. The molecular weight excluding hydrogens is 478 g/mol. The smallest absolute Gasteiger partial charge is 0.260 e. The average molecular weight is 508 g/mol. The standard InChI is InChI=1S/C24H29N3O5S.ClH/c1-5-26(6-2)7-8-27(23(28)16-11-17(29-3)13-18(12-16)30-4)24-25-19-14-20-21(15-22(19)33-24)32-10-9-31-20;/h11-15H,5-10H2,1-4H3;1H. The van der Waals surface area contributed by atoms with Crippen LogP contribution in [0.2, 0.25) is 0 Å². The molecule has 4 rings (SSSR count). The van der Waals surface area contributed by atoms with Crippen LogP contribution in [0.15, 0.2) is 30.3 Å². The molecule has 0 aliphatic carbocycles. The number of nitrogens with zero attached hydrogens (tertiary/aromatic N) is 3. The van der Waals surface area contributed by atoms with Gasteiger partial charge in [0.05, 0.1) is 24.4 Å². The highest BCUT2D eigenvalue weighted by Gasteiger charge is 2.24. The van der Waals surface area contributed by atoms with Crippen LogP contribution >= 0.6 is 23.7 Å². The number of methoxy groups -OCH3 is 2. The molecule has 1 amide bonds. The Balaban J connectivity index is 0.00000324. The summed E-state index contributed by atoms with van der Waals surface area (Å²) in [4.78, 5) is 22.5. The third kappa shape index (κ3) is 5.48. The first-order chi connectivity index (χ1) is 16.1. The number of hydrogen-bond acceptors (Lipinski definition) is 8. The van der Waals surface area contributed by atoms with E-state index in [9.17, 15) is 4.79 Å². The molecular formula is C24H30ClN3O5S. The molecule has 0 saturated carbocycles. The number of amides is 1. The Morgan fingerprint density at radius 3 is 2.18 bits per heavy atom. The molecule has 10 heteroatoms. The van der Waals surface area contributed by atoms with Gasteiger partial charge >= 0.3 is 0 Å². The van der Waals surface area contributed by atoms with Crippen molar-refractivity contribution in [1.82, 2.24) is 9.88 Å². The van der Waals surface area contributed by atoms with Gasteiger partial charge in [-0.15, -0.1) is 12.4 Å². The van der Waals surface area contributed by atoms with E-state index in [-0.39, 0.29) is 18.3 Å². The first kappa shape index (κ1) is 25.9. The number of anilines is 1. The van der Waals surface area contributed by atoms with E-state index in [2.05, 4.69) is 18.7 Å². The molecule has 0 radical (unpaired) electrons. The van der Waals surface area contributed by atoms with Crippen LogP contribution in [0.1, 0.15) is 24.2 Å². The lowest BCUT2D eigenvalue weighted by atomic mass is 10.1. The monoisotopic (exact) mass is 507 g/mol. The Kier molecular flexibility index (Phi) is 8.82. The van der Waals surface area contributed by atoms with Gasteiger partial charge < -0.3 is 23.8 Å². The van der Waals surface area contributed by atoms with Crippen molar-refractivity contribution in [2.24, 2.45) is 0 Å². The second kappa shape index (κ2) is 11.6. The summed E-state index contributed by atoms with van der Waals surface area (Å²) >= 11 is 1.47. The maximum absolute atomic E-state index is 13.7. The largest absolute Gasteiger partial charge is 0.497 e. The minimum Gasteiger partial charge on any atom is -0.497 e. The molecule has 2 heterocycles. The molecule has 3 aromatic rings. The molecule has 8 nitrogen and oxygen atoms in total. The van der Waals surface area contributed by atoms with E-state index in [0.717, 1.165) is 29.9 Å². The fraction of sp³-hybridized carbons (Fsp3) is 0.417. The first-order valence-electron chi connectivity index (χ1n) is 11.0. The Morgan fingerprint density at radius 2 is 1.59 bits per heavy atom. The molecule has 0 saturated heterocycles. The highest BCUT2D eigenvalue weighted by molar-refractivity contribution is 7.22. The highest BCUT2D eigenvalue weighted by atomic mass is 35.5. The average Bonchev–Trinajstić information content (AvgIpc) is 3.26. The number of rotatable bonds is 9. The second-order valence-corrected chi connectivity index (χ2v) is 8.55. The van der Waals surface area contributed by atoms with Crippen LogP contribution in [0, 0.1) is 0 Å². The molecule has 0 fully saturated rings. The Bertz CT molecular complexity index is 1070. The first-order valence-corrected chi connectivity index (χ1v) is 11.8. The van der Waals surface area contributed by atoms with Gasteiger partial charge in [-0.05, 0) is 25.2 Å². The third-order valence-corrected chi connectivity index (χ3v) is 6.69. The van der Waals surface area contributed by atoms with Crippen LogP contribution in [-0.2, 0) is 0 Å². The number of halogens is 1. The number of likely N-dealkylation sites (N-methyl/N-ethyl adjacent to an activating group) is 1. The van der Waals surface area contributed by atoms with Crippen molar-refractivity contribution in [3.63, 3.8) is 0 Å². The molecule has 184 valence electrons. The lowest BCUT2D eigenvalue weighted by molar-refractivity contribution is 0.0983. The van der Waals surface area contributed by atoms with Crippen LogP contribution in [0.3, 0.4) is 0 Å². The number of thiazole rings is 1. The molecule has 0 atom stereocenters. The summed E-state index contributed by atoms with van der Waals surface area (Å²) in [7, 11) is 3.14. The minimum absolute atomic E-state index is 0. The number of aromatic nitrogens is 1. The molecule has 1 aliphatic heterocycles. The summed E-state index contributed by atoms with van der Waals surface area (Å²) in [6.45, 7) is 8.33.